The minimum absolute atomic E-state index is 0.637. The summed E-state index contributed by atoms with van der Waals surface area (Å²) in [5.41, 5.74) is 1.25. The number of halogens is 2. The van der Waals surface area contributed by atoms with Gasteiger partial charge in [-0.3, -0.25) is 0 Å². The van der Waals surface area contributed by atoms with Crippen LogP contribution in [-0.2, 0) is 6.54 Å². The van der Waals surface area contributed by atoms with E-state index in [-0.39, 0.29) is 0 Å². The van der Waals surface area contributed by atoms with Crippen LogP contribution in [0.25, 0.3) is 0 Å². The van der Waals surface area contributed by atoms with E-state index in [1.807, 2.05) is 18.2 Å². The van der Waals surface area contributed by atoms with Crippen molar-refractivity contribution in [3.8, 4) is 0 Å². The summed E-state index contributed by atoms with van der Waals surface area (Å²) in [7, 11) is 0. The number of nitrogens with zero attached hydrogens (tertiary/aromatic N) is 1. The second-order valence-corrected chi connectivity index (χ2v) is 7.52. The van der Waals surface area contributed by atoms with Crippen molar-refractivity contribution in [2.24, 2.45) is 5.92 Å². The summed E-state index contributed by atoms with van der Waals surface area (Å²) in [5, 5.41) is 5.01. The van der Waals surface area contributed by atoms with Crippen molar-refractivity contribution in [1.82, 2.24) is 10.3 Å². The maximum absolute atomic E-state index is 6.20. The highest BCUT2D eigenvalue weighted by molar-refractivity contribution is 9.10. The predicted molar refractivity (Wildman–Crippen MR) is 94.1 cm³/mol. The van der Waals surface area contributed by atoms with Crippen LogP contribution < -0.4 is 5.32 Å². The molecule has 0 saturated heterocycles. The molecule has 2 nitrogen and oxygen atoms in total. The number of hydrogen-bond donors (Lipinski definition) is 1. The van der Waals surface area contributed by atoms with Crippen molar-refractivity contribution < 1.29 is 0 Å². The standard InChI is InChI=1S/C16H18BrClN2S/c1-11(2)9-19-10-12-8-13(17)5-6-15(12)21-16-14(18)4-3-7-20-16/h3-8,11,19H,9-10H2,1-2H3. The molecule has 0 radical (unpaired) electrons. The zero-order valence-corrected chi connectivity index (χ0v) is 15.2. The summed E-state index contributed by atoms with van der Waals surface area (Å²) in [6.07, 6.45) is 1.77. The Balaban J connectivity index is 2.16. The third-order valence-corrected chi connectivity index (χ3v) is 4.87. The number of rotatable bonds is 6. The van der Waals surface area contributed by atoms with E-state index >= 15 is 0 Å². The Bertz CT molecular complexity index is 605. The Hall–Kier alpha value is -0.550. The van der Waals surface area contributed by atoms with Gasteiger partial charge in [0.2, 0.25) is 0 Å². The van der Waals surface area contributed by atoms with E-state index in [4.69, 9.17) is 11.6 Å². The van der Waals surface area contributed by atoms with Crippen LogP contribution in [0, 0.1) is 5.92 Å². The average molecular weight is 386 g/mol. The minimum atomic E-state index is 0.637. The molecule has 0 fully saturated rings. The van der Waals surface area contributed by atoms with Gasteiger partial charge in [-0.15, -0.1) is 0 Å². The lowest BCUT2D eigenvalue weighted by Crippen LogP contribution is -2.19. The number of hydrogen-bond acceptors (Lipinski definition) is 3. The van der Waals surface area contributed by atoms with Crippen LogP contribution in [0.5, 0.6) is 0 Å². The largest absolute Gasteiger partial charge is 0.312 e. The Morgan fingerprint density at radius 3 is 2.86 bits per heavy atom. The molecule has 5 heteroatoms. The van der Waals surface area contributed by atoms with Crippen LogP contribution in [0.4, 0.5) is 0 Å². The molecule has 0 spiro atoms. The number of benzene rings is 1. The van der Waals surface area contributed by atoms with E-state index in [0.717, 1.165) is 22.6 Å². The van der Waals surface area contributed by atoms with Crippen molar-refractivity contribution in [2.75, 3.05) is 6.54 Å². The van der Waals surface area contributed by atoms with E-state index in [1.54, 1.807) is 18.0 Å². The van der Waals surface area contributed by atoms with Gasteiger partial charge in [-0.1, -0.05) is 53.1 Å². The summed E-state index contributed by atoms with van der Waals surface area (Å²) in [4.78, 5) is 5.52. The molecule has 0 aliphatic carbocycles. The van der Waals surface area contributed by atoms with Gasteiger partial charge in [0.05, 0.1) is 5.02 Å². The molecule has 2 rings (SSSR count). The van der Waals surface area contributed by atoms with E-state index in [2.05, 4.69) is 52.2 Å². The zero-order valence-electron chi connectivity index (χ0n) is 12.1. The highest BCUT2D eigenvalue weighted by atomic mass is 79.9. The fourth-order valence-electron chi connectivity index (χ4n) is 1.83. The average Bonchev–Trinajstić information content (AvgIpc) is 2.43. The van der Waals surface area contributed by atoms with Crippen LogP contribution in [-0.4, -0.2) is 11.5 Å². The second-order valence-electron chi connectivity index (χ2n) is 5.17. The highest BCUT2D eigenvalue weighted by Crippen LogP contribution is 2.34. The first kappa shape index (κ1) is 16.8. The summed E-state index contributed by atoms with van der Waals surface area (Å²) >= 11 is 11.3. The van der Waals surface area contributed by atoms with Gasteiger partial charge in [-0.05, 0) is 48.4 Å². The summed E-state index contributed by atoms with van der Waals surface area (Å²) in [6, 6.07) is 10.0. The summed E-state index contributed by atoms with van der Waals surface area (Å²) in [5.74, 6) is 0.637. The highest BCUT2D eigenvalue weighted by Gasteiger charge is 2.09. The first-order chi connectivity index (χ1) is 10.1. The maximum Gasteiger partial charge on any atom is 0.119 e. The lowest BCUT2D eigenvalue weighted by molar-refractivity contribution is 0.550. The quantitative estimate of drug-likeness (QED) is 0.721. The molecular weight excluding hydrogens is 368 g/mol. The summed E-state index contributed by atoms with van der Waals surface area (Å²) in [6.45, 7) is 6.25. The Morgan fingerprint density at radius 2 is 2.14 bits per heavy atom. The van der Waals surface area contributed by atoms with Crippen LogP contribution in [0.2, 0.25) is 5.02 Å². The van der Waals surface area contributed by atoms with E-state index in [1.165, 1.54) is 10.5 Å². The van der Waals surface area contributed by atoms with Gasteiger partial charge in [0.1, 0.15) is 5.03 Å². The van der Waals surface area contributed by atoms with Gasteiger partial charge < -0.3 is 5.32 Å². The van der Waals surface area contributed by atoms with Crippen molar-refractivity contribution in [1.29, 1.82) is 0 Å². The molecule has 0 aliphatic heterocycles. The normalized spacial score (nSPS) is 11.1. The van der Waals surface area contributed by atoms with Crippen LogP contribution in [0.3, 0.4) is 0 Å². The van der Waals surface area contributed by atoms with Crippen molar-refractivity contribution in [3.05, 3.63) is 51.6 Å². The Labute approximate surface area is 143 Å². The third kappa shape index (κ3) is 5.29. The number of aromatic nitrogens is 1. The molecule has 1 aromatic carbocycles. The molecule has 0 bridgehead atoms. The molecule has 0 saturated carbocycles. The van der Waals surface area contributed by atoms with Gasteiger partial charge in [-0.25, -0.2) is 4.98 Å². The van der Waals surface area contributed by atoms with Gasteiger partial charge in [-0.2, -0.15) is 0 Å². The Kier molecular flexibility index (Phi) is 6.55. The molecule has 1 N–H and O–H groups in total. The number of nitrogens with one attached hydrogen (secondary N) is 1. The van der Waals surface area contributed by atoms with Crippen molar-refractivity contribution in [3.63, 3.8) is 0 Å². The molecule has 1 aromatic heterocycles. The van der Waals surface area contributed by atoms with Crippen LogP contribution in [0.1, 0.15) is 19.4 Å². The second kappa shape index (κ2) is 8.18. The number of pyridine rings is 1. The van der Waals surface area contributed by atoms with Gasteiger partial charge in [0, 0.05) is 22.1 Å². The third-order valence-electron chi connectivity index (χ3n) is 2.82. The molecule has 21 heavy (non-hydrogen) atoms. The first-order valence-electron chi connectivity index (χ1n) is 6.84. The van der Waals surface area contributed by atoms with Gasteiger partial charge in [0.25, 0.3) is 0 Å². The fraction of sp³-hybridized carbons (Fsp3) is 0.312. The molecule has 0 amide bonds. The topological polar surface area (TPSA) is 24.9 Å². The monoisotopic (exact) mass is 384 g/mol. The van der Waals surface area contributed by atoms with Gasteiger partial charge >= 0.3 is 0 Å². The molecular formula is C16H18BrClN2S. The lowest BCUT2D eigenvalue weighted by atomic mass is 10.2. The zero-order chi connectivity index (χ0) is 15.2. The smallest absolute Gasteiger partial charge is 0.119 e. The van der Waals surface area contributed by atoms with E-state index in [0.29, 0.717) is 10.9 Å². The predicted octanol–water partition coefficient (Wildman–Crippen LogP) is 5.39. The Morgan fingerprint density at radius 1 is 1.33 bits per heavy atom. The van der Waals surface area contributed by atoms with Crippen molar-refractivity contribution >= 4 is 39.3 Å². The first-order valence-corrected chi connectivity index (χ1v) is 8.82. The molecule has 0 unspecified atom stereocenters. The molecule has 112 valence electrons. The van der Waals surface area contributed by atoms with Crippen molar-refractivity contribution in [2.45, 2.75) is 30.3 Å². The molecule has 2 aromatic rings. The minimum Gasteiger partial charge on any atom is -0.312 e. The molecule has 0 aliphatic rings. The SMILES string of the molecule is CC(C)CNCc1cc(Br)ccc1Sc1ncccc1Cl. The van der Waals surface area contributed by atoms with Gasteiger partial charge in [0.15, 0.2) is 0 Å². The van der Waals surface area contributed by atoms with E-state index < -0.39 is 0 Å². The van der Waals surface area contributed by atoms with Crippen LogP contribution in [0.15, 0.2) is 50.9 Å². The molecule has 0 atom stereocenters. The maximum atomic E-state index is 6.20. The van der Waals surface area contributed by atoms with Crippen LogP contribution >= 0.6 is 39.3 Å². The van der Waals surface area contributed by atoms with E-state index in [9.17, 15) is 0 Å². The fourth-order valence-corrected chi connectivity index (χ4v) is 3.36. The summed E-state index contributed by atoms with van der Waals surface area (Å²) < 4.78 is 1.08. The molecule has 1 heterocycles. The lowest BCUT2D eigenvalue weighted by Gasteiger charge is -2.12.